The molecule has 1 unspecified atom stereocenters. The van der Waals surface area contributed by atoms with Crippen molar-refractivity contribution in [3.05, 3.63) is 102 Å². The molecular formula is C32H32N4O5. The highest BCUT2D eigenvalue weighted by atomic mass is 16.5. The van der Waals surface area contributed by atoms with Crippen LogP contribution in [0.3, 0.4) is 0 Å². The van der Waals surface area contributed by atoms with Gasteiger partial charge in [-0.25, -0.2) is 4.79 Å². The van der Waals surface area contributed by atoms with Crippen LogP contribution in [0.5, 0.6) is 0 Å². The van der Waals surface area contributed by atoms with Gasteiger partial charge in [0.2, 0.25) is 5.91 Å². The molecule has 2 heterocycles. The van der Waals surface area contributed by atoms with Crippen molar-refractivity contribution in [1.82, 2.24) is 10.2 Å². The van der Waals surface area contributed by atoms with E-state index in [1.165, 1.54) is 12.0 Å². The lowest BCUT2D eigenvalue weighted by Gasteiger charge is -2.27. The molecular weight excluding hydrogens is 520 g/mol. The van der Waals surface area contributed by atoms with Crippen molar-refractivity contribution in [2.75, 3.05) is 37.0 Å². The van der Waals surface area contributed by atoms with Crippen LogP contribution in [-0.4, -0.2) is 61.5 Å². The van der Waals surface area contributed by atoms with Gasteiger partial charge in [0.15, 0.2) is 0 Å². The molecule has 210 valence electrons. The van der Waals surface area contributed by atoms with Crippen LogP contribution in [0.15, 0.2) is 84.9 Å². The molecule has 4 amide bonds. The van der Waals surface area contributed by atoms with Gasteiger partial charge < -0.3 is 25.2 Å². The molecule has 1 saturated heterocycles. The minimum Gasteiger partial charge on any atom is -0.469 e. The number of hydrogen-bond acceptors (Lipinski definition) is 5. The van der Waals surface area contributed by atoms with E-state index < -0.39 is 23.9 Å². The summed E-state index contributed by atoms with van der Waals surface area (Å²) in [5.74, 6) is -0.928. The van der Waals surface area contributed by atoms with Gasteiger partial charge >= 0.3 is 12.0 Å². The van der Waals surface area contributed by atoms with Crippen molar-refractivity contribution in [2.45, 2.75) is 25.3 Å². The van der Waals surface area contributed by atoms with E-state index in [4.69, 9.17) is 4.74 Å². The van der Waals surface area contributed by atoms with E-state index in [2.05, 4.69) is 10.6 Å². The van der Waals surface area contributed by atoms with E-state index in [-0.39, 0.29) is 18.9 Å². The Labute approximate surface area is 238 Å². The Morgan fingerprint density at radius 3 is 2.41 bits per heavy atom. The van der Waals surface area contributed by atoms with Crippen molar-refractivity contribution in [2.24, 2.45) is 0 Å². The number of carbonyl (C=O) groups is 4. The number of esters is 1. The topological polar surface area (TPSA) is 108 Å². The molecule has 9 nitrogen and oxygen atoms in total. The number of para-hydroxylation sites is 1. The number of methoxy groups -OCH3 is 1. The average Bonchev–Trinajstić information content (AvgIpc) is 3.50. The van der Waals surface area contributed by atoms with E-state index in [0.29, 0.717) is 30.0 Å². The number of nitrogens with zero attached hydrogens (tertiary/aromatic N) is 2. The van der Waals surface area contributed by atoms with Crippen LogP contribution >= 0.6 is 0 Å². The van der Waals surface area contributed by atoms with Crippen molar-refractivity contribution in [3.8, 4) is 0 Å². The van der Waals surface area contributed by atoms with Gasteiger partial charge in [0.05, 0.1) is 19.2 Å². The van der Waals surface area contributed by atoms with Gasteiger partial charge in [-0.1, -0.05) is 60.7 Å². The second-order valence-corrected chi connectivity index (χ2v) is 10.0. The number of nitrogens with one attached hydrogen (secondary N) is 2. The Bertz CT molecular complexity index is 1480. The zero-order chi connectivity index (χ0) is 28.8. The van der Waals surface area contributed by atoms with E-state index in [1.54, 1.807) is 35.2 Å². The van der Waals surface area contributed by atoms with Crippen LogP contribution in [-0.2, 0) is 25.5 Å². The van der Waals surface area contributed by atoms with Gasteiger partial charge in [0.1, 0.15) is 12.6 Å². The summed E-state index contributed by atoms with van der Waals surface area (Å²) in [6.45, 7) is 1.23. The molecule has 3 aromatic carbocycles. The molecule has 5 rings (SSSR count). The Kier molecular flexibility index (Phi) is 8.43. The summed E-state index contributed by atoms with van der Waals surface area (Å²) >= 11 is 0. The second kappa shape index (κ2) is 12.5. The highest BCUT2D eigenvalue weighted by Gasteiger charge is 2.34. The average molecular weight is 553 g/mol. The summed E-state index contributed by atoms with van der Waals surface area (Å²) in [6, 6.07) is 22.3. The first-order valence-corrected chi connectivity index (χ1v) is 13.6. The molecule has 0 radical (unpaired) electrons. The van der Waals surface area contributed by atoms with Gasteiger partial charge in [-0.3, -0.25) is 14.4 Å². The Balaban J connectivity index is 1.45. The predicted octanol–water partition coefficient (Wildman–Crippen LogP) is 3.99. The quantitative estimate of drug-likeness (QED) is 0.431. The van der Waals surface area contributed by atoms with E-state index in [1.807, 2.05) is 54.6 Å². The van der Waals surface area contributed by atoms with E-state index in [9.17, 15) is 19.2 Å². The molecule has 0 aromatic heterocycles. The first-order chi connectivity index (χ1) is 19.9. The number of rotatable bonds is 7. The van der Waals surface area contributed by atoms with Gasteiger partial charge in [0.25, 0.3) is 5.91 Å². The van der Waals surface area contributed by atoms with Crippen LogP contribution in [0, 0.1) is 0 Å². The maximum absolute atomic E-state index is 14.0. The highest BCUT2D eigenvalue weighted by Crippen LogP contribution is 2.35. The van der Waals surface area contributed by atoms with Gasteiger partial charge in [-0.15, -0.1) is 0 Å². The van der Waals surface area contributed by atoms with Crippen LogP contribution in [0.2, 0.25) is 0 Å². The Morgan fingerprint density at radius 1 is 0.927 bits per heavy atom. The highest BCUT2D eigenvalue weighted by molar-refractivity contribution is 6.09. The minimum atomic E-state index is -1.05. The maximum atomic E-state index is 14.0. The lowest BCUT2D eigenvalue weighted by atomic mass is 9.95. The van der Waals surface area contributed by atoms with Gasteiger partial charge in [-0.05, 0) is 53.8 Å². The summed E-state index contributed by atoms with van der Waals surface area (Å²) < 4.78 is 4.73. The lowest BCUT2D eigenvalue weighted by Crippen LogP contribution is -2.51. The Hall–Kier alpha value is -4.92. The molecule has 3 aromatic rings. The molecule has 9 heteroatoms. The van der Waals surface area contributed by atoms with Gasteiger partial charge in [-0.2, -0.15) is 0 Å². The molecule has 1 fully saturated rings. The van der Waals surface area contributed by atoms with Crippen LogP contribution in [0.4, 0.5) is 16.2 Å². The van der Waals surface area contributed by atoms with Crippen molar-refractivity contribution >= 4 is 40.8 Å². The molecule has 41 heavy (non-hydrogen) atoms. The summed E-state index contributed by atoms with van der Waals surface area (Å²) in [6.07, 6.45) is 3.70. The van der Waals surface area contributed by atoms with Crippen molar-refractivity contribution in [3.63, 3.8) is 0 Å². The summed E-state index contributed by atoms with van der Waals surface area (Å²) in [5.41, 5.74) is 4.19. The standard InChI is InChI=1S/C32H32N4O5/c1-41-30(38)19-22-10-9-13-24(18-22)33-32(40)34-27-20-26(23-11-3-2-4-12-23)25-14-5-6-15-28(25)36(31(27)39)21-29(37)35-16-7-8-17-35/h2-6,9-15,18,20,27H,7-8,16-17,19,21H2,1H3,(H2,33,34,40). The summed E-state index contributed by atoms with van der Waals surface area (Å²) in [4.78, 5) is 55.4. The number of anilines is 2. The molecule has 0 saturated carbocycles. The van der Waals surface area contributed by atoms with Crippen molar-refractivity contribution < 1.29 is 23.9 Å². The normalized spacial score (nSPS) is 16.4. The van der Waals surface area contributed by atoms with E-state index in [0.717, 1.165) is 29.5 Å². The number of likely N-dealkylation sites (tertiary alicyclic amines) is 1. The monoisotopic (exact) mass is 552 g/mol. The number of benzene rings is 3. The molecule has 2 aliphatic heterocycles. The number of ether oxygens (including phenoxy) is 1. The fourth-order valence-corrected chi connectivity index (χ4v) is 5.20. The van der Waals surface area contributed by atoms with Gasteiger partial charge in [0, 0.05) is 24.3 Å². The first-order valence-electron chi connectivity index (χ1n) is 13.6. The maximum Gasteiger partial charge on any atom is 0.320 e. The summed E-state index contributed by atoms with van der Waals surface area (Å²) in [5, 5.41) is 5.56. The third kappa shape index (κ3) is 6.46. The predicted molar refractivity (Wildman–Crippen MR) is 156 cm³/mol. The fraction of sp³-hybridized carbons (Fsp3) is 0.250. The molecule has 0 aliphatic carbocycles. The number of urea groups is 1. The third-order valence-electron chi connectivity index (χ3n) is 7.23. The number of carbonyl (C=O) groups excluding carboxylic acids is 4. The summed E-state index contributed by atoms with van der Waals surface area (Å²) in [7, 11) is 1.32. The van der Waals surface area contributed by atoms with Crippen LogP contribution in [0.25, 0.3) is 5.57 Å². The smallest absolute Gasteiger partial charge is 0.320 e. The molecule has 2 aliphatic rings. The molecule has 0 spiro atoms. The lowest BCUT2D eigenvalue weighted by molar-refractivity contribution is -0.139. The van der Waals surface area contributed by atoms with Crippen molar-refractivity contribution in [1.29, 1.82) is 0 Å². The van der Waals surface area contributed by atoms with Crippen LogP contribution < -0.4 is 15.5 Å². The SMILES string of the molecule is COC(=O)Cc1cccc(NC(=O)NC2C=C(c3ccccc3)c3ccccc3N(CC(=O)N3CCCC3)C2=O)c1. The second-order valence-electron chi connectivity index (χ2n) is 10.0. The number of hydrogen-bond donors (Lipinski definition) is 2. The minimum absolute atomic E-state index is 0.0657. The number of fused-ring (bicyclic) bond motifs is 1. The molecule has 1 atom stereocenters. The number of amides is 4. The van der Waals surface area contributed by atoms with Crippen LogP contribution in [0.1, 0.15) is 29.5 Å². The van der Waals surface area contributed by atoms with E-state index >= 15 is 0 Å². The molecule has 0 bridgehead atoms. The zero-order valence-electron chi connectivity index (χ0n) is 22.8. The molecule has 2 N–H and O–H groups in total. The Morgan fingerprint density at radius 2 is 1.66 bits per heavy atom. The first kappa shape index (κ1) is 27.6. The zero-order valence-corrected chi connectivity index (χ0v) is 22.8. The largest absolute Gasteiger partial charge is 0.469 e. The third-order valence-corrected chi connectivity index (χ3v) is 7.23. The fourth-order valence-electron chi connectivity index (χ4n) is 5.20.